The summed E-state index contributed by atoms with van der Waals surface area (Å²) in [5.41, 5.74) is 0. The van der Waals surface area contributed by atoms with Crippen molar-refractivity contribution in [3.05, 3.63) is 0 Å². The Bertz CT molecular complexity index is 112. The third-order valence-electron chi connectivity index (χ3n) is 4.31. The van der Waals surface area contributed by atoms with Gasteiger partial charge in [-0.3, -0.25) is 0 Å². The summed E-state index contributed by atoms with van der Waals surface area (Å²) in [4.78, 5) is 0. The standard InChI is InChI=1S/C14H30/c1-7-11(3)13(5)9-10-14(6)12(4)8-2/h11-14H,7-10H2,1-6H3. The average Bonchev–Trinajstić information content (AvgIpc) is 2.22. The fraction of sp³-hybridized carbons (Fsp3) is 1.00. The summed E-state index contributed by atoms with van der Waals surface area (Å²) < 4.78 is 0. The van der Waals surface area contributed by atoms with Crippen LogP contribution in [-0.2, 0) is 0 Å². The number of hydrogen-bond acceptors (Lipinski definition) is 0. The van der Waals surface area contributed by atoms with E-state index in [1.807, 2.05) is 0 Å². The molecule has 0 aromatic heterocycles. The molecule has 0 heterocycles. The van der Waals surface area contributed by atoms with E-state index in [9.17, 15) is 0 Å². The van der Waals surface area contributed by atoms with Gasteiger partial charge in [0.2, 0.25) is 0 Å². The van der Waals surface area contributed by atoms with E-state index in [-0.39, 0.29) is 0 Å². The van der Waals surface area contributed by atoms with Crippen LogP contribution in [0.15, 0.2) is 0 Å². The van der Waals surface area contributed by atoms with Crippen molar-refractivity contribution in [3.8, 4) is 0 Å². The first-order chi connectivity index (χ1) is 6.52. The van der Waals surface area contributed by atoms with Crippen molar-refractivity contribution in [2.45, 2.75) is 67.2 Å². The summed E-state index contributed by atoms with van der Waals surface area (Å²) in [5, 5.41) is 0. The zero-order valence-electron chi connectivity index (χ0n) is 11.1. The van der Waals surface area contributed by atoms with Gasteiger partial charge in [0.05, 0.1) is 0 Å². The zero-order chi connectivity index (χ0) is 11.1. The normalized spacial score (nSPS) is 20.1. The van der Waals surface area contributed by atoms with Crippen molar-refractivity contribution >= 4 is 0 Å². The van der Waals surface area contributed by atoms with E-state index in [0.29, 0.717) is 0 Å². The van der Waals surface area contributed by atoms with Gasteiger partial charge in [0.25, 0.3) is 0 Å². The van der Waals surface area contributed by atoms with E-state index in [0.717, 1.165) is 23.7 Å². The van der Waals surface area contributed by atoms with Gasteiger partial charge in [-0.05, 0) is 23.7 Å². The fourth-order valence-electron chi connectivity index (χ4n) is 1.90. The Kier molecular flexibility index (Phi) is 7.31. The molecule has 4 atom stereocenters. The van der Waals surface area contributed by atoms with Crippen LogP contribution in [0.5, 0.6) is 0 Å². The molecule has 0 aliphatic carbocycles. The molecule has 0 aliphatic rings. The van der Waals surface area contributed by atoms with E-state index < -0.39 is 0 Å². The molecule has 86 valence electrons. The molecule has 0 radical (unpaired) electrons. The van der Waals surface area contributed by atoms with Crippen LogP contribution < -0.4 is 0 Å². The van der Waals surface area contributed by atoms with Gasteiger partial charge in [-0.25, -0.2) is 0 Å². The summed E-state index contributed by atoms with van der Waals surface area (Å²) in [5.74, 6) is 3.62. The van der Waals surface area contributed by atoms with E-state index in [4.69, 9.17) is 0 Å². The van der Waals surface area contributed by atoms with E-state index in [2.05, 4.69) is 41.5 Å². The second kappa shape index (κ2) is 7.31. The monoisotopic (exact) mass is 198 g/mol. The van der Waals surface area contributed by atoms with Gasteiger partial charge in [-0.2, -0.15) is 0 Å². The lowest BCUT2D eigenvalue weighted by Gasteiger charge is -2.23. The molecule has 0 rings (SSSR count). The van der Waals surface area contributed by atoms with Crippen molar-refractivity contribution in [2.24, 2.45) is 23.7 Å². The van der Waals surface area contributed by atoms with Gasteiger partial charge in [0.15, 0.2) is 0 Å². The van der Waals surface area contributed by atoms with E-state index in [1.165, 1.54) is 25.7 Å². The number of hydrogen-bond donors (Lipinski definition) is 0. The molecule has 0 nitrogen and oxygen atoms in total. The maximum Gasteiger partial charge on any atom is -0.0417 e. The van der Waals surface area contributed by atoms with Crippen molar-refractivity contribution in [2.75, 3.05) is 0 Å². The van der Waals surface area contributed by atoms with Gasteiger partial charge in [-0.15, -0.1) is 0 Å². The average molecular weight is 198 g/mol. The molecular formula is C14H30. The molecular weight excluding hydrogens is 168 g/mol. The van der Waals surface area contributed by atoms with E-state index in [1.54, 1.807) is 0 Å². The van der Waals surface area contributed by atoms with Crippen LogP contribution >= 0.6 is 0 Å². The molecule has 0 saturated carbocycles. The maximum atomic E-state index is 2.41. The smallest absolute Gasteiger partial charge is 0.0417 e. The van der Waals surface area contributed by atoms with Crippen LogP contribution in [0.25, 0.3) is 0 Å². The molecule has 0 fully saturated rings. The van der Waals surface area contributed by atoms with Crippen molar-refractivity contribution < 1.29 is 0 Å². The first-order valence-electron chi connectivity index (χ1n) is 6.52. The highest BCUT2D eigenvalue weighted by Gasteiger charge is 2.14. The maximum absolute atomic E-state index is 2.41. The van der Waals surface area contributed by atoms with Crippen LogP contribution in [0.3, 0.4) is 0 Å². The molecule has 4 unspecified atom stereocenters. The minimum atomic E-state index is 0.902. The van der Waals surface area contributed by atoms with E-state index >= 15 is 0 Å². The summed E-state index contributed by atoms with van der Waals surface area (Å²) in [6, 6.07) is 0. The van der Waals surface area contributed by atoms with Crippen LogP contribution in [-0.4, -0.2) is 0 Å². The second-order valence-electron chi connectivity index (χ2n) is 5.30. The lowest BCUT2D eigenvalue weighted by atomic mass is 9.83. The Balaban J connectivity index is 3.70. The predicted molar refractivity (Wildman–Crippen MR) is 66.5 cm³/mol. The summed E-state index contributed by atoms with van der Waals surface area (Å²) in [6.45, 7) is 14.2. The van der Waals surface area contributed by atoms with Gasteiger partial charge < -0.3 is 0 Å². The molecule has 0 saturated heterocycles. The molecule has 0 amide bonds. The highest BCUT2D eigenvalue weighted by atomic mass is 14.2. The highest BCUT2D eigenvalue weighted by molar-refractivity contribution is 4.65. The zero-order valence-corrected chi connectivity index (χ0v) is 11.1. The summed E-state index contributed by atoms with van der Waals surface area (Å²) in [7, 11) is 0. The lowest BCUT2D eigenvalue weighted by Crippen LogP contribution is -2.12. The molecule has 0 aliphatic heterocycles. The molecule has 0 aromatic carbocycles. The molecule has 0 heteroatoms. The third kappa shape index (κ3) is 5.02. The largest absolute Gasteiger partial charge is 0.0651 e. The van der Waals surface area contributed by atoms with Crippen molar-refractivity contribution in [1.82, 2.24) is 0 Å². The fourth-order valence-corrected chi connectivity index (χ4v) is 1.90. The SMILES string of the molecule is CCC(C)C(C)CCC(C)C(C)CC. The Hall–Kier alpha value is 0. The highest BCUT2D eigenvalue weighted by Crippen LogP contribution is 2.26. The minimum Gasteiger partial charge on any atom is -0.0651 e. The predicted octanol–water partition coefficient (Wildman–Crippen LogP) is 5.13. The minimum absolute atomic E-state index is 0.902. The molecule has 0 aromatic rings. The topological polar surface area (TPSA) is 0 Å². The van der Waals surface area contributed by atoms with Gasteiger partial charge in [0.1, 0.15) is 0 Å². The quantitative estimate of drug-likeness (QED) is 0.532. The van der Waals surface area contributed by atoms with Gasteiger partial charge in [0, 0.05) is 0 Å². The Labute approximate surface area is 91.5 Å². The van der Waals surface area contributed by atoms with Crippen molar-refractivity contribution in [1.29, 1.82) is 0 Å². The van der Waals surface area contributed by atoms with Gasteiger partial charge >= 0.3 is 0 Å². The molecule has 0 N–H and O–H groups in total. The first kappa shape index (κ1) is 14.0. The summed E-state index contributed by atoms with van der Waals surface area (Å²) in [6.07, 6.45) is 5.50. The summed E-state index contributed by atoms with van der Waals surface area (Å²) >= 11 is 0. The van der Waals surface area contributed by atoms with Crippen LogP contribution in [0.1, 0.15) is 67.2 Å². The molecule has 0 spiro atoms. The van der Waals surface area contributed by atoms with Crippen LogP contribution in [0, 0.1) is 23.7 Å². The first-order valence-corrected chi connectivity index (χ1v) is 6.52. The Morgan fingerprint density at radius 3 is 1.07 bits per heavy atom. The molecule has 0 bridgehead atoms. The Morgan fingerprint density at radius 1 is 0.571 bits per heavy atom. The van der Waals surface area contributed by atoms with Crippen LogP contribution in [0.4, 0.5) is 0 Å². The number of rotatable bonds is 7. The second-order valence-corrected chi connectivity index (χ2v) is 5.30. The lowest BCUT2D eigenvalue weighted by molar-refractivity contribution is 0.284. The molecule has 14 heavy (non-hydrogen) atoms. The van der Waals surface area contributed by atoms with Gasteiger partial charge in [-0.1, -0.05) is 67.2 Å². The van der Waals surface area contributed by atoms with Crippen molar-refractivity contribution in [3.63, 3.8) is 0 Å². The third-order valence-corrected chi connectivity index (χ3v) is 4.31. The van der Waals surface area contributed by atoms with Crippen LogP contribution in [0.2, 0.25) is 0 Å². The Morgan fingerprint density at radius 2 is 0.857 bits per heavy atom.